The van der Waals surface area contributed by atoms with Crippen molar-refractivity contribution in [2.45, 2.75) is 38.6 Å². The summed E-state index contributed by atoms with van der Waals surface area (Å²) < 4.78 is 1.70. The molecule has 1 aliphatic rings. The van der Waals surface area contributed by atoms with E-state index in [1.807, 2.05) is 0 Å². The quantitative estimate of drug-likeness (QED) is 0.764. The Bertz CT molecular complexity index is 430. The van der Waals surface area contributed by atoms with E-state index in [9.17, 15) is 9.59 Å². The molecule has 0 spiro atoms. The Labute approximate surface area is 86.7 Å². The third-order valence-corrected chi connectivity index (χ3v) is 2.82. The fraction of sp³-hybridized carbons (Fsp3) is 0.600. The molecule has 1 heterocycles. The van der Waals surface area contributed by atoms with Crippen molar-refractivity contribution in [3.05, 3.63) is 21.6 Å². The maximum absolute atomic E-state index is 11.5. The Balaban J connectivity index is 2.24. The Morgan fingerprint density at radius 2 is 2.13 bits per heavy atom. The van der Waals surface area contributed by atoms with Gasteiger partial charge in [-0.25, -0.2) is 0 Å². The molecule has 0 saturated heterocycles. The Hall–Kier alpha value is -1.52. The fourth-order valence-corrected chi connectivity index (χ4v) is 2.09. The van der Waals surface area contributed by atoms with Crippen molar-refractivity contribution in [1.82, 2.24) is 9.78 Å². The average Bonchev–Trinajstić information content (AvgIpc) is 2.54. The number of H-pyrrole nitrogens is 1. The van der Waals surface area contributed by atoms with Gasteiger partial charge in [0.2, 0.25) is 0 Å². The number of aryl methyl sites for hydroxylation is 1. The Kier molecular flexibility index (Phi) is 2.62. The molecule has 0 amide bonds. The molecule has 0 fully saturated rings. The number of nitrogens with zero attached hydrogens (tertiary/aromatic N) is 1. The summed E-state index contributed by atoms with van der Waals surface area (Å²) in [7, 11) is 0. The van der Waals surface area contributed by atoms with E-state index in [0.29, 0.717) is 6.54 Å². The Morgan fingerprint density at radius 1 is 1.40 bits per heavy atom. The average molecular weight is 210 g/mol. The molecule has 0 atom stereocenters. The second-order valence-corrected chi connectivity index (χ2v) is 3.87. The minimum Gasteiger partial charge on any atom is -0.481 e. The molecule has 82 valence electrons. The Morgan fingerprint density at radius 3 is 2.87 bits per heavy atom. The van der Waals surface area contributed by atoms with Crippen LogP contribution < -0.4 is 5.56 Å². The maximum atomic E-state index is 11.5. The van der Waals surface area contributed by atoms with Gasteiger partial charge in [0.1, 0.15) is 0 Å². The highest BCUT2D eigenvalue weighted by Crippen LogP contribution is 2.17. The van der Waals surface area contributed by atoms with Gasteiger partial charge in [-0.05, 0) is 25.7 Å². The van der Waals surface area contributed by atoms with Crippen LogP contribution in [0.15, 0.2) is 4.79 Å². The largest absolute Gasteiger partial charge is 0.481 e. The second kappa shape index (κ2) is 3.92. The lowest BCUT2D eigenvalue weighted by atomic mass is 9.98. The molecule has 0 aromatic carbocycles. The molecule has 2 N–H and O–H groups in total. The third-order valence-electron chi connectivity index (χ3n) is 2.82. The van der Waals surface area contributed by atoms with Gasteiger partial charge < -0.3 is 5.11 Å². The molecule has 0 unspecified atom stereocenters. The molecule has 0 saturated carbocycles. The zero-order valence-corrected chi connectivity index (χ0v) is 8.45. The highest BCUT2D eigenvalue weighted by atomic mass is 16.4. The topological polar surface area (TPSA) is 75.1 Å². The highest BCUT2D eigenvalue weighted by Gasteiger charge is 2.18. The number of nitrogens with one attached hydrogen (secondary N) is 1. The van der Waals surface area contributed by atoms with E-state index < -0.39 is 5.97 Å². The maximum Gasteiger partial charge on any atom is 0.305 e. The molecule has 5 nitrogen and oxygen atoms in total. The first-order valence-electron chi connectivity index (χ1n) is 5.21. The smallest absolute Gasteiger partial charge is 0.305 e. The van der Waals surface area contributed by atoms with Crippen molar-refractivity contribution in [2.24, 2.45) is 0 Å². The predicted octanol–water partition coefficient (Wildman–Crippen LogP) is 0.530. The van der Waals surface area contributed by atoms with Crippen molar-refractivity contribution in [3.63, 3.8) is 0 Å². The van der Waals surface area contributed by atoms with Gasteiger partial charge in [-0.2, -0.15) is 0 Å². The van der Waals surface area contributed by atoms with Crippen LogP contribution in [0.4, 0.5) is 0 Å². The number of carboxylic acids is 1. The number of carboxylic acid groups (broad SMARTS) is 1. The molecule has 15 heavy (non-hydrogen) atoms. The summed E-state index contributed by atoms with van der Waals surface area (Å²) in [6, 6.07) is 0. The summed E-state index contributed by atoms with van der Waals surface area (Å²) in [5.74, 6) is -0.839. The molecular weight excluding hydrogens is 196 g/mol. The fourth-order valence-electron chi connectivity index (χ4n) is 2.09. The minimum absolute atomic E-state index is 0.0462. The standard InChI is InChI=1S/C10H14N2O3/c13-9(14)5-6-12-8-4-2-1-3-7(8)10(15)11-12/h1-6H2,(H,11,15)(H,13,14). The van der Waals surface area contributed by atoms with Gasteiger partial charge in [-0.3, -0.25) is 19.4 Å². The van der Waals surface area contributed by atoms with Gasteiger partial charge >= 0.3 is 5.97 Å². The van der Waals surface area contributed by atoms with Crippen LogP contribution in [-0.4, -0.2) is 20.9 Å². The number of aliphatic carboxylic acids is 1. The minimum atomic E-state index is -0.839. The van der Waals surface area contributed by atoms with Gasteiger partial charge in [-0.1, -0.05) is 0 Å². The van der Waals surface area contributed by atoms with E-state index in [4.69, 9.17) is 5.11 Å². The zero-order chi connectivity index (χ0) is 10.8. The van der Waals surface area contributed by atoms with E-state index in [0.717, 1.165) is 36.9 Å². The van der Waals surface area contributed by atoms with Crippen molar-refractivity contribution >= 4 is 5.97 Å². The van der Waals surface area contributed by atoms with Gasteiger partial charge in [0.15, 0.2) is 0 Å². The first-order chi connectivity index (χ1) is 7.18. The number of hydrogen-bond acceptors (Lipinski definition) is 2. The van der Waals surface area contributed by atoms with Crippen LogP contribution in [0.3, 0.4) is 0 Å². The summed E-state index contributed by atoms with van der Waals surface area (Å²) in [5, 5.41) is 11.3. The van der Waals surface area contributed by atoms with E-state index in [-0.39, 0.29) is 12.0 Å². The van der Waals surface area contributed by atoms with Crippen LogP contribution in [0.1, 0.15) is 30.5 Å². The van der Waals surface area contributed by atoms with Gasteiger partial charge in [0.05, 0.1) is 6.42 Å². The SMILES string of the molecule is O=C(O)CCn1[nH]c(=O)c2c1CCCC2. The normalized spacial score (nSPS) is 14.9. The summed E-state index contributed by atoms with van der Waals surface area (Å²) in [5.41, 5.74) is 1.81. The number of aromatic amines is 1. The molecule has 1 aliphatic carbocycles. The molecule has 2 rings (SSSR count). The van der Waals surface area contributed by atoms with E-state index in [2.05, 4.69) is 5.10 Å². The third kappa shape index (κ3) is 1.95. The van der Waals surface area contributed by atoms with Crippen LogP contribution >= 0.6 is 0 Å². The second-order valence-electron chi connectivity index (χ2n) is 3.87. The van der Waals surface area contributed by atoms with E-state index >= 15 is 0 Å². The predicted molar refractivity (Wildman–Crippen MR) is 53.9 cm³/mol. The number of rotatable bonds is 3. The van der Waals surface area contributed by atoms with Crippen molar-refractivity contribution in [1.29, 1.82) is 0 Å². The number of aromatic nitrogens is 2. The molecule has 1 aromatic rings. The summed E-state index contributed by atoms with van der Waals surface area (Å²) >= 11 is 0. The summed E-state index contributed by atoms with van der Waals surface area (Å²) in [4.78, 5) is 21.9. The highest BCUT2D eigenvalue weighted by molar-refractivity contribution is 5.66. The molecule has 5 heteroatoms. The van der Waals surface area contributed by atoms with Crippen LogP contribution in [0.2, 0.25) is 0 Å². The van der Waals surface area contributed by atoms with Crippen molar-refractivity contribution in [3.8, 4) is 0 Å². The number of fused-ring (bicyclic) bond motifs is 1. The lowest BCUT2D eigenvalue weighted by molar-refractivity contribution is -0.137. The lowest BCUT2D eigenvalue weighted by Gasteiger charge is -2.12. The molecule has 0 aliphatic heterocycles. The van der Waals surface area contributed by atoms with Gasteiger partial charge in [0, 0.05) is 17.8 Å². The first-order valence-corrected chi connectivity index (χ1v) is 5.21. The van der Waals surface area contributed by atoms with Crippen molar-refractivity contribution in [2.75, 3.05) is 0 Å². The number of carbonyl (C=O) groups is 1. The van der Waals surface area contributed by atoms with E-state index in [1.165, 1.54) is 0 Å². The molecule has 0 radical (unpaired) electrons. The van der Waals surface area contributed by atoms with Crippen LogP contribution in [0.25, 0.3) is 0 Å². The zero-order valence-electron chi connectivity index (χ0n) is 8.45. The summed E-state index contributed by atoms with van der Waals surface area (Å²) in [6.45, 7) is 0.361. The lowest BCUT2D eigenvalue weighted by Crippen LogP contribution is -2.12. The number of hydrogen-bond donors (Lipinski definition) is 2. The van der Waals surface area contributed by atoms with Crippen LogP contribution in [0.5, 0.6) is 0 Å². The van der Waals surface area contributed by atoms with E-state index in [1.54, 1.807) is 4.68 Å². The first kappa shape index (κ1) is 10.0. The van der Waals surface area contributed by atoms with Gasteiger partial charge in [0.25, 0.3) is 5.56 Å². The monoisotopic (exact) mass is 210 g/mol. The molecule has 1 aromatic heterocycles. The van der Waals surface area contributed by atoms with Gasteiger partial charge in [-0.15, -0.1) is 0 Å². The summed E-state index contributed by atoms with van der Waals surface area (Å²) in [6.07, 6.45) is 3.89. The molecular formula is C10H14N2O3. The van der Waals surface area contributed by atoms with Crippen LogP contribution in [0, 0.1) is 0 Å². The van der Waals surface area contributed by atoms with Crippen molar-refractivity contribution < 1.29 is 9.90 Å². The molecule has 0 bridgehead atoms. The van der Waals surface area contributed by atoms with Crippen LogP contribution in [-0.2, 0) is 24.2 Å².